The second-order valence-corrected chi connectivity index (χ2v) is 9.48. The first-order valence-electron chi connectivity index (χ1n) is 9.71. The van der Waals surface area contributed by atoms with Gasteiger partial charge in [-0.15, -0.1) is 0 Å². The van der Waals surface area contributed by atoms with Crippen LogP contribution in [0.2, 0.25) is 0 Å². The molecule has 29 heavy (non-hydrogen) atoms. The van der Waals surface area contributed by atoms with Crippen molar-refractivity contribution in [2.75, 3.05) is 13.1 Å². The quantitative estimate of drug-likeness (QED) is 0.810. The molecule has 0 amide bonds. The Bertz CT molecular complexity index is 963. The average Bonchev–Trinajstić information content (AvgIpc) is 3.05. The summed E-state index contributed by atoms with van der Waals surface area (Å²) in [6, 6.07) is 14.7. The van der Waals surface area contributed by atoms with E-state index in [-0.39, 0.29) is 17.9 Å². The number of nitrogens with zero attached hydrogens (tertiary/aromatic N) is 1. The summed E-state index contributed by atoms with van der Waals surface area (Å²) in [5.41, 5.74) is 1.89. The molecule has 1 saturated heterocycles. The highest BCUT2D eigenvalue weighted by atomic mass is 32.2. The molecule has 8 heteroatoms. The minimum atomic E-state index is -4.24. The van der Waals surface area contributed by atoms with E-state index in [1.807, 2.05) is 29.2 Å². The van der Waals surface area contributed by atoms with E-state index in [0.29, 0.717) is 19.4 Å². The van der Waals surface area contributed by atoms with Gasteiger partial charge in [0.2, 0.25) is 10.0 Å². The Morgan fingerprint density at radius 3 is 2.41 bits per heavy atom. The van der Waals surface area contributed by atoms with Gasteiger partial charge < -0.3 is 0 Å². The van der Waals surface area contributed by atoms with E-state index < -0.39 is 34.2 Å². The Balaban J connectivity index is 1.64. The Kier molecular flexibility index (Phi) is 5.44. The van der Waals surface area contributed by atoms with Crippen molar-refractivity contribution in [3.8, 4) is 0 Å². The molecule has 1 heterocycles. The van der Waals surface area contributed by atoms with Crippen molar-refractivity contribution in [3.05, 3.63) is 65.7 Å². The number of hydrogen-bond acceptors (Lipinski definition) is 3. The van der Waals surface area contributed by atoms with Crippen molar-refractivity contribution < 1.29 is 21.6 Å². The van der Waals surface area contributed by atoms with E-state index in [4.69, 9.17) is 0 Å². The molecule has 0 radical (unpaired) electrons. The Morgan fingerprint density at radius 2 is 1.69 bits per heavy atom. The number of sulfonamides is 1. The minimum absolute atomic E-state index is 0.105. The van der Waals surface area contributed by atoms with E-state index >= 15 is 0 Å². The average molecular weight is 424 g/mol. The molecule has 4 rings (SSSR count). The van der Waals surface area contributed by atoms with Crippen LogP contribution in [0.3, 0.4) is 0 Å². The molecule has 0 saturated carbocycles. The van der Waals surface area contributed by atoms with Crippen molar-refractivity contribution in [3.63, 3.8) is 0 Å². The number of halogens is 3. The van der Waals surface area contributed by atoms with E-state index in [1.165, 1.54) is 12.1 Å². The summed E-state index contributed by atoms with van der Waals surface area (Å²) in [4.78, 5) is 1.97. The van der Waals surface area contributed by atoms with Gasteiger partial charge in [0.1, 0.15) is 0 Å². The second kappa shape index (κ2) is 7.74. The molecule has 0 aromatic heterocycles. The van der Waals surface area contributed by atoms with Crippen LogP contribution in [0.15, 0.2) is 59.5 Å². The highest BCUT2D eigenvalue weighted by Crippen LogP contribution is 2.41. The van der Waals surface area contributed by atoms with Gasteiger partial charge in [-0.1, -0.05) is 42.5 Å². The molecule has 2 aliphatic rings. The first-order valence-corrected chi connectivity index (χ1v) is 11.2. The fourth-order valence-corrected chi connectivity index (χ4v) is 5.79. The normalized spacial score (nSPS) is 25.7. The lowest BCUT2D eigenvalue weighted by molar-refractivity contribution is -0.189. The van der Waals surface area contributed by atoms with Gasteiger partial charge in [-0.25, -0.2) is 13.1 Å². The number of piperidine rings is 1. The minimum Gasteiger partial charge on any atom is -0.294 e. The molecule has 1 aliphatic heterocycles. The fourth-order valence-electron chi connectivity index (χ4n) is 4.52. The molecule has 0 bridgehead atoms. The highest BCUT2D eigenvalue weighted by molar-refractivity contribution is 7.89. The number of nitrogens with one attached hydrogen (secondary N) is 1. The molecule has 1 N–H and O–H groups in total. The molecule has 2 aromatic rings. The number of alkyl halides is 3. The SMILES string of the molecule is O=S(=O)(N[C@@H]1Cc2ccccc2[C@H]1N1CCC[C@H](C(F)(F)F)C1)c1ccccc1. The maximum atomic E-state index is 13.3. The molecule has 1 aliphatic carbocycles. The van der Waals surface area contributed by atoms with Crippen LogP contribution in [-0.2, 0) is 16.4 Å². The van der Waals surface area contributed by atoms with E-state index in [0.717, 1.165) is 11.1 Å². The zero-order valence-corrected chi connectivity index (χ0v) is 16.6. The van der Waals surface area contributed by atoms with Crippen LogP contribution in [0.5, 0.6) is 0 Å². The van der Waals surface area contributed by atoms with Crippen molar-refractivity contribution >= 4 is 10.0 Å². The number of rotatable bonds is 4. The van der Waals surface area contributed by atoms with Gasteiger partial charge in [-0.2, -0.15) is 13.2 Å². The van der Waals surface area contributed by atoms with Gasteiger partial charge in [0, 0.05) is 12.6 Å². The van der Waals surface area contributed by atoms with E-state index in [1.54, 1.807) is 18.2 Å². The summed E-state index contributed by atoms with van der Waals surface area (Å²) in [7, 11) is -3.77. The van der Waals surface area contributed by atoms with Crippen LogP contribution >= 0.6 is 0 Å². The summed E-state index contributed by atoms with van der Waals surface area (Å²) in [5, 5.41) is 0. The topological polar surface area (TPSA) is 49.4 Å². The number of benzene rings is 2. The lowest BCUT2D eigenvalue weighted by Crippen LogP contribution is -2.49. The summed E-state index contributed by atoms with van der Waals surface area (Å²) in [5.74, 6) is -1.38. The molecular formula is C21H23F3N2O2S. The van der Waals surface area contributed by atoms with Gasteiger partial charge in [-0.05, 0) is 49.1 Å². The largest absolute Gasteiger partial charge is 0.393 e. The number of hydrogen-bond donors (Lipinski definition) is 1. The highest BCUT2D eigenvalue weighted by Gasteiger charge is 2.46. The van der Waals surface area contributed by atoms with E-state index in [9.17, 15) is 21.6 Å². The van der Waals surface area contributed by atoms with Gasteiger partial charge in [0.25, 0.3) is 0 Å². The fraction of sp³-hybridized carbons (Fsp3) is 0.429. The summed E-state index contributed by atoms with van der Waals surface area (Å²) >= 11 is 0. The van der Waals surface area contributed by atoms with Crippen LogP contribution in [0.25, 0.3) is 0 Å². The zero-order chi connectivity index (χ0) is 20.6. The second-order valence-electron chi connectivity index (χ2n) is 7.76. The monoisotopic (exact) mass is 424 g/mol. The zero-order valence-electron chi connectivity index (χ0n) is 15.8. The molecule has 4 nitrogen and oxygen atoms in total. The third kappa shape index (κ3) is 4.20. The van der Waals surface area contributed by atoms with Crippen LogP contribution in [-0.4, -0.2) is 38.6 Å². The molecule has 0 unspecified atom stereocenters. The van der Waals surface area contributed by atoms with Gasteiger partial charge in [-0.3, -0.25) is 4.90 Å². The lowest BCUT2D eigenvalue weighted by Gasteiger charge is -2.40. The Labute approximate surface area is 168 Å². The molecule has 3 atom stereocenters. The molecule has 156 valence electrons. The summed E-state index contributed by atoms with van der Waals surface area (Å²) in [6.07, 6.45) is -3.22. The maximum absolute atomic E-state index is 13.3. The van der Waals surface area contributed by atoms with Gasteiger partial charge in [0.15, 0.2) is 0 Å². The lowest BCUT2D eigenvalue weighted by atomic mass is 9.94. The van der Waals surface area contributed by atoms with Crippen molar-refractivity contribution in [2.45, 2.75) is 42.4 Å². The third-order valence-electron chi connectivity index (χ3n) is 5.86. The molecule has 0 spiro atoms. The standard InChI is InChI=1S/C21H23F3N2O2S/c22-21(23,24)16-8-6-12-26(14-16)20-18-11-5-4-7-15(18)13-19(20)25-29(27,28)17-9-2-1-3-10-17/h1-5,7,9-11,16,19-20,25H,6,8,12-14H2/t16-,19+,20+/m0/s1. The predicted molar refractivity (Wildman–Crippen MR) is 104 cm³/mol. The van der Waals surface area contributed by atoms with Crippen LogP contribution in [0.4, 0.5) is 13.2 Å². The molecule has 2 aromatic carbocycles. The maximum Gasteiger partial charge on any atom is 0.393 e. The first-order chi connectivity index (χ1) is 13.8. The van der Waals surface area contributed by atoms with Crippen LogP contribution < -0.4 is 4.72 Å². The smallest absolute Gasteiger partial charge is 0.294 e. The van der Waals surface area contributed by atoms with Crippen molar-refractivity contribution in [1.82, 2.24) is 9.62 Å². The number of fused-ring (bicyclic) bond motifs is 1. The molecule has 1 fully saturated rings. The van der Waals surface area contributed by atoms with Gasteiger partial charge in [0.05, 0.1) is 16.9 Å². The number of likely N-dealkylation sites (tertiary alicyclic amines) is 1. The summed E-state index contributed by atoms with van der Waals surface area (Å²) < 4.78 is 68.6. The first kappa shape index (κ1) is 20.4. The van der Waals surface area contributed by atoms with Crippen LogP contribution in [0.1, 0.15) is 30.0 Å². The summed E-state index contributed by atoms with van der Waals surface area (Å²) in [6.45, 7) is 0.418. The Morgan fingerprint density at radius 1 is 1.00 bits per heavy atom. The Hall–Kier alpha value is -1.90. The molecular weight excluding hydrogens is 401 g/mol. The third-order valence-corrected chi connectivity index (χ3v) is 7.37. The van der Waals surface area contributed by atoms with Crippen molar-refractivity contribution in [2.24, 2.45) is 5.92 Å². The van der Waals surface area contributed by atoms with Gasteiger partial charge >= 0.3 is 6.18 Å². The predicted octanol–water partition coefficient (Wildman–Crippen LogP) is 3.91. The van der Waals surface area contributed by atoms with Crippen LogP contribution in [0, 0.1) is 5.92 Å². The van der Waals surface area contributed by atoms with E-state index in [2.05, 4.69) is 4.72 Å². The van der Waals surface area contributed by atoms with Crippen molar-refractivity contribution in [1.29, 1.82) is 0 Å².